The third kappa shape index (κ3) is 3.54. The maximum absolute atomic E-state index is 13.0. The highest BCUT2D eigenvalue weighted by Crippen LogP contribution is 2.31. The maximum Gasteiger partial charge on any atom is 0.253 e. The Balaban J connectivity index is 1.49. The summed E-state index contributed by atoms with van der Waals surface area (Å²) < 4.78 is 0. The first kappa shape index (κ1) is 17.3. The molecule has 1 aromatic carbocycles. The minimum atomic E-state index is 0.0543. The van der Waals surface area contributed by atoms with Crippen molar-refractivity contribution in [2.45, 2.75) is 31.6 Å². The highest BCUT2D eigenvalue weighted by molar-refractivity contribution is 6.33. The summed E-state index contributed by atoms with van der Waals surface area (Å²) >= 11 is 6.49. The Morgan fingerprint density at radius 1 is 1.12 bits per heavy atom. The lowest BCUT2D eigenvalue weighted by Crippen LogP contribution is -2.39. The first-order chi connectivity index (χ1) is 12.7. The van der Waals surface area contributed by atoms with E-state index < -0.39 is 0 Å². The average molecular weight is 371 g/mol. The summed E-state index contributed by atoms with van der Waals surface area (Å²) in [5.74, 6) is 0.327. The lowest BCUT2D eigenvalue weighted by Gasteiger charge is -2.32. The number of halogens is 1. The van der Waals surface area contributed by atoms with Gasteiger partial charge in [-0.2, -0.15) is 0 Å². The lowest BCUT2D eigenvalue weighted by atomic mass is 9.94. The molecule has 0 unspecified atom stereocenters. The quantitative estimate of drug-likeness (QED) is 0.825. The lowest BCUT2D eigenvalue weighted by molar-refractivity contribution is 0.0706. The van der Waals surface area contributed by atoms with Crippen molar-refractivity contribution in [3.63, 3.8) is 0 Å². The number of nitrogens with zero attached hydrogens (tertiary/aromatic N) is 4. The zero-order chi connectivity index (χ0) is 17.9. The van der Waals surface area contributed by atoms with E-state index in [0.717, 1.165) is 43.9 Å². The fourth-order valence-electron chi connectivity index (χ4n) is 3.98. The number of carbonyl (C=O) groups is 1. The second kappa shape index (κ2) is 7.62. The van der Waals surface area contributed by atoms with Crippen molar-refractivity contribution in [1.29, 1.82) is 0 Å². The number of carbonyl (C=O) groups excluding carboxylic acids is 1. The van der Waals surface area contributed by atoms with Crippen LogP contribution in [-0.4, -0.2) is 47.0 Å². The van der Waals surface area contributed by atoms with Crippen LogP contribution in [-0.2, 0) is 0 Å². The number of benzene rings is 1. The minimum Gasteiger partial charge on any atom is -0.370 e. The van der Waals surface area contributed by atoms with Crippen LogP contribution in [0.1, 0.15) is 47.7 Å². The smallest absolute Gasteiger partial charge is 0.253 e. The van der Waals surface area contributed by atoms with Gasteiger partial charge < -0.3 is 9.80 Å². The Hall–Kier alpha value is -2.14. The molecule has 2 saturated heterocycles. The molecule has 0 radical (unpaired) electrons. The van der Waals surface area contributed by atoms with E-state index in [1.165, 1.54) is 12.8 Å². The van der Waals surface area contributed by atoms with Gasteiger partial charge in [0.2, 0.25) is 0 Å². The van der Waals surface area contributed by atoms with Crippen LogP contribution in [0.4, 0.5) is 5.69 Å². The highest BCUT2D eigenvalue weighted by atomic mass is 35.5. The molecule has 2 fully saturated rings. The zero-order valence-corrected chi connectivity index (χ0v) is 15.5. The number of amides is 1. The van der Waals surface area contributed by atoms with Crippen LogP contribution in [0.3, 0.4) is 0 Å². The van der Waals surface area contributed by atoms with Gasteiger partial charge in [-0.15, -0.1) is 0 Å². The summed E-state index contributed by atoms with van der Waals surface area (Å²) in [6.45, 7) is 3.56. The molecule has 4 rings (SSSR count). The van der Waals surface area contributed by atoms with E-state index in [4.69, 9.17) is 11.6 Å². The molecule has 1 atom stereocenters. The summed E-state index contributed by atoms with van der Waals surface area (Å²) in [4.78, 5) is 25.5. The number of piperidine rings is 1. The third-order valence-electron chi connectivity index (χ3n) is 5.37. The number of hydrogen-bond donors (Lipinski definition) is 0. The van der Waals surface area contributed by atoms with Gasteiger partial charge in [-0.25, -0.2) is 9.97 Å². The van der Waals surface area contributed by atoms with Crippen molar-refractivity contribution >= 4 is 23.2 Å². The molecule has 0 N–H and O–H groups in total. The van der Waals surface area contributed by atoms with Crippen LogP contribution in [0.25, 0.3) is 0 Å². The van der Waals surface area contributed by atoms with E-state index in [9.17, 15) is 4.79 Å². The minimum absolute atomic E-state index is 0.0543. The Morgan fingerprint density at radius 2 is 1.96 bits per heavy atom. The van der Waals surface area contributed by atoms with Crippen LogP contribution < -0.4 is 4.90 Å². The number of aromatic nitrogens is 2. The molecule has 3 heterocycles. The Bertz CT molecular complexity index is 777. The van der Waals surface area contributed by atoms with Crippen molar-refractivity contribution in [1.82, 2.24) is 14.9 Å². The summed E-state index contributed by atoms with van der Waals surface area (Å²) in [7, 11) is 0. The second-order valence-corrected chi connectivity index (χ2v) is 7.49. The Labute approximate surface area is 159 Å². The first-order valence-corrected chi connectivity index (χ1v) is 9.70. The molecule has 1 amide bonds. The van der Waals surface area contributed by atoms with Gasteiger partial charge in [0, 0.05) is 49.6 Å². The van der Waals surface area contributed by atoms with Gasteiger partial charge in [0.1, 0.15) is 6.33 Å². The summed E-state index contributed by atoms with van der Waals surface area (Å²) in [5, 5.41) is 0.669. The van der Waals surface area contributed by atoms with Crippen molar-refractivity contribution < 1.29 is 4.79 Å². The molecule has 1 aromatic heterocycles. The molecule has 2 aliphatic rings. The number of rotatable bonds is 3. The predicted molar refractivity (Wildman–Crippen MR) is 103 cm³/mol. The normalized spacial score (nSPS) is 20.4. The van der Waals surface area contributed by atoms with Crippen LogP contribution in [0.15, 0.2) is 36.8 Å². The van der Waals surface area contributed by atoms with Gasteiger partial charge in [-0.05, 0) is 49.9 Å². The van der Waals surface area contributed by atoms with E-state index in [1.54, 1.807) is 12.5 Å². The van der Waals surface area contributed by atoms with Crippen molar-refractivity contribution in [2.24, 2.45) is 0 Å². The number of likely N-dealkylation sites (tertiary alicyclic amines) is 1. The van der Waals surface area contributed by atoms with Crippen LogP contribution in [0.2, 0.25) is 5.02 Å². The first-order valence-electron chi connectivity index (χ1n) is 9.32. The largest absolute Gasteiger partial charge is 0.370 e. The number of anilines is 1. The number of hydrogen-bond acceptors (Lipinski definition) is 4. The van der Waals surface area contributed by atoms with Gasteiger partial charge >= 0.3 is 0 Å². The van der Waals surface area contributed by atoms with Crippen LogP contribution in [0, 0.1) is 0 Å². The molecule has 6 heteroatoms. The standard InChI is InChI=1S/C20H23ClN4O/c21-17-12-15(5-6-19(17)24-9-1-2-10-24)20(26)25-11-3-4-16(13-25)18-7-8-22-14-23-18/h5-8,12,14,16H,1-4,9-11,13H2/t16-/m1/s1. The molecular formula is C20H23ClN4O. The van der Waals surface area contributed by atoms with Gasteiger partial charge in [0.15, 0.2) is 0 Å². The van der Waals surface area contributed by atoms with E-state index in [0.29, 0.717) is 17.1 Å². The van der Waals surface area contributed by atoms with Gasteiger partial charge in [0.25, 0.3) is 5.91 Å². The molecular weight excluding hydrogens is 348 g/mol. The third-order valence-corrected chi connectivity index (χ3v) is 5.68. The SMILES string of the molecule is O=C(c1ccc(N2CCCC2)c(Cl)c1)N1CCC[C@@H](c2ccncn2)C1. The molecule has 2 aromatic rings. The van der Waals surface area contributed by atoms with Gasteiger partial charge in [0.05, 0.1) is 10.7 Å². The fraction of sp³-hybridized carbons (Fsp3) is 0.450. The van der Waals surface area contributed by atoms with E-state index >= 15 is 0 Å². The van der Waals surface area contributed by atoms with E-state index in [2.05, 4.69) is 14.9 Å². The van der Waals surface area contributed by atoms with Gasteiger partial charge in [-0.3, -0.25) is 4.79 Å². The predicted octanol–water partition coefficient (Wildman–Crippen LogP) is 3.75. The molecule has 0 spiro atoms. The molecule has 0 bridgehead atoms. The van der Waals surface area contributed by atoms with Crippen molar-refractivity contribution in [3.8, 4) is 0 Å². The van der Waals surface area contributed by atoms with E-state index in [-0.39, 0.29) is 11.8 Å². The monoisotopic (exact) mass is 370 g/mol. The summed E-state index contributed by atoms with van der Waals surface area (Å²) in [5.41, 5.74) is 2.72. The molecule has 26 heavy (non-hydrogen) atoms. The van der Waals surface area contributed by atoms with Crippen LogP contribution in [0.5, 0.6) is 0 Å². The van der Waals surface area contributed by atoms with Crippen LogP contribution >= 0.6 is 11.6 Å². The molecule has 0 saturated carbocycles. The Kier molecular flexibility index (Phi) is 5.07. The zero-order valence-electron chi connectivity index (χ0n) is 14.8. The maximum atomic E-state index is 13.0. The van der Waals surface area contributed by atoms with Gasteiger partial charge in [-0.1, -0.05) is 11.6 Å². The topological polar surface area (TPSA) is 49.3 Å². The molecule has 5 nitrogen and oxygen atoms in total. The Morgan fingerprint density at radius 3 is 2.69 bits per heavy atom. The summed E-state index contributed by atoms with van der Waals surface area (Å²) in [6, 6.07) is 7.68. The average Bonchev–Trinajstić information content (AvgIpc) is 3.22. The second-order valence-electron chi connectivity index (χ2n) is 7.08. The molecule has 2 aliphatic heterocycles. The van der Waals surface area contributed by atoms with Crippen molar-refractivity contribution in [2.75, 3.05) is 31.1 Å². The molecule has 0 aliphatic carbocycles. The summed E-state index contributed by atoms with van der Waals surface area (Å²) in [6.07, 6.45) is 7.78. The van der Waals surface area contributed by atoms with Crippen molar-refractivity contribution in [3.05, 3.63) is 53.1 Å². The molecule has 136 valence electrons. The highest BCUT2D eigenvalue weighted by Gasteiger charge is 2.27. The fourth-order valence-corrected chi connectivity index (χ4v) is 4.28. The van der Waals surface area contributed by atoms with E-state index in [1.807, 2.05) is 29.2 Å².